The maximum Gasteiger partial charge on any atom is 0.311 e. The van der Waals surface area contributed by atoms with Gasteiger partial charge in [0.15, 0.2) is 0 Å². The molecule has 0 aromatic heterocycles. The van der Waals surface area contributed by atoms with Crippen LogP contribution in [-0.4, -0.2) is 37.1 Å². The van der Waals surface area contributed by atoms with Crippen LogP contribution in [0.2, 0.25) is 0 Å². The smallest absolute Gasteiger partial charge is 0.311 e. The number of nitrogens with one attached hydrogen (secondary N) is 1. The second-order valence-electron chi connectivity index (χ2n) is 6.82. The summed E-state index contributed by atoms with van der Waals surface area (Å²) in [5.41, 5.74) is 0.764. The van der Waals surface area contributed by atoms with Gasteiger partial charge in [-0.1, -0.05) is 17.8 Å². The van der Waals surface area contributed by atoms with Gasteiger partial charge in [0.05, 0.1) is 5.60 Å². The van der Waals surface area contributed by atoms with Crippen LogP contribution in [0.25, 0.3) is 0 Å². The molecule has 7 nitrogen and oxygen atoms in total. The fourth-order valence-electron chi connectivity index (χ4n) is 2.11. The predicted molar refractivity (Wildman–Crippen MR) is 101 cm³/mol. The zero-order valence-electron chi connectivity index (χ0n) is 15.8. The average molecular weight is 384 g/mol. The summed E-state index contributed by atoms with van der Waals surface area (Å²) in [5, 5.41) is 7.90. The van der Waals surface area contributed by atoms with Gasteiger partial charge in [-0.05, 0) is 63.4 Å². The fraction of sp³-hybridized carbons (Fsp3) is 0.556. The van der Waals surface area contributed by atoms with E-state index in [1.165, 1.54) is 0 Å². The van der Waals surface area contributed by atoms with Crippen molar-refractivity contribution < 1.29 is 23.1 Å². The Kier molecular flexibility index (Phi) is 9.07. The van der Waals surface area contributed by atoms with Gasteiger partial charge < -0.3 is 10.1 Å². The topological polar surface area (TPSA) is 99.9 Å². The number of hydrogen-bond acceptors (Lipinski definition) is 5. The zero-order chi connectivity index (χ0) is 19.7. The molecule has 1 atom stereocenters. The van der Waals surface area contributed by atoms with E-state index < -0.39 is 22.8 Å². The predicted octanol–water partition coefficient (Wildman–Crippen LogP) is 3.71. The van der Waals surface area contributed by atoms with Gasteiger partial charge in [-0.3, -0.25) is 14.2 Å². The van der Waals surface area contributed by atoms with E-state index in [1.54, 1.807) is 45.0 Å². The standard InChI is InChI=1S/C18H28N2O5S/c1-5-7-16(19)14-9-11-15(12-10-14)24-17(21)8-6-13-20(26(22)23)25-18(2,3)4/h9-12,19H,5-8,13H2,1-4H3,(H,22,23). The minimum Gasteiger partial charge on any atom is -0.427 e. The van der Waals surface area contributed by atoms with Crippen molar-refractivity contribution in [2.24, 2.45) is 0 Å². The number of carbonyl (C=O) groups excluding carboxylic acids is 1. The minimum absolute atomic E-state index is 0.0919. The molecular weight excluding hydrogens is 356 g/mol. The Morgan fingerprint density at radius 2 is 1.85 bits per heavy atom. The Balaban J connectivity index is 2.46. The lowest BCUT2D eigenvalue weighted by Gasteiger charge is -2.26. The maximum atomic E-state index is 11.9. The molecule has 146 valence electrons. The summed E-state index contributed by atoms with van der Waals surface area (Å²) in [6.07, 6.45) is 2.03. The lowest BCUT2D eigenvalue weighted by Crippen LogP contribution is -2.36. The van der Waals surface area contributed by atoms with Gasteiger partial charge >= 0.3 is 5.97 Å². The van der Waals surface area contributed by atoms with Crippen LogP contribution in [0.4, 0.5) is 0 Å². The monoisotopic (exact) mass is 384 g/mol. The van der Waals surface area contributed by atoms with Gasteiger partial charge in [-0.2, -0.15) is 0 Å². The number of carbonyl (C=O) groups is 1. The molecule has 8 heteroatoms. The van der Waals surface area contributed by atoms with Gasteiger partial charge in [-0.25, -0.2) is 4.21 Å². The zero-order valence-corrected chi connectivity index (χ0v) is 16.6. The molecule has 2 N–H and O–H groups in total. The highest BCUT2D eigenvalue weighted by molar-refractivity contribution is 7.76. The van der Waals surface area contributed by atoms with Gasteiger partial charge in [0.25, 0.3) is 11.3 Å². The minimum atomic E-state index is -2.27. The van der Waals surface area contributed by atoms with Crippen LogP contribution >= 0.6 is 0 Å². The Bertz CT molecular complexity index is 625. The first-order chi connectivity index (χ1) is 12.1. The molecule has 0 aliphatic heterocycles. The molecule has 1 aromatic carbocycles. The summed E-state index contributed by atoms with van der Waals surface area (Å²) in [7, 11) is 0. The third kappa shape index (κ3) is 8.66. The molecule has 1 unspecified atom stereocenters. The molecule has 0 bridgehead atoms. The summed E-state index contributed by atoms with van der Waals surface area (Å²) >= 11 is -2.27. The molecule has 1 aromatic rings. The van der Waals surface area contributed by atoms with Gasteiger partial charge in [0.1, 0.15) is 5.75 Å². The normalized spacial score (nSPS) is 12.8. The Morgan fingerprint density at radius 3 is 2.35 bits per heavy atom. The van der Waals surface area contributed by atoms with Crippen LogP contribution < -0.4 is 4.74 Å². The molecule has 0 fully saturated rings. The average Bonchev–Trinajstić information content (AvgIpc) is 2.53. The SMILES string of the molecule is CCCC(=N)c1ccc(OC(=O)CCCN(OC(C)(C)C)S(=O)O)cc1. The molecule has 0 heterocycles. The molecule has 1 rings (SSSR count). The molecule has 0 radical (unpaired) electrons. The molecule has 0 amide bonds. The Morgan fingerprint density at radius 1 is 1.23 bits per heavy atom. The second-order valence-corrected chi connectivity index (χ2v) is 7.69. The number of nitrogens with zero attached hydrogens (tertiary/aromatic N) is 1. The van der Waals surface area contributed by atoms with Gasteiger partial charge in [0.2, 0.25) is 0 Å². The number of rotatable bonds is 10. The first-order valence-electron chi connectivity index (χ1n) is 8.58. The van der Waals surface area contributed by atoms with Crippen LogP contribution in [0.15, 0.2) is 24.3 Å². The third-order valence-electron chi connectivity index (χ3n) is 3.21. The highest BCUT2D eigenvalue weighted by Crippen LogP contribution is 2.16. The number of esters is 1. The highest BCUT2D eigenvalue weighted by Gasteiger charge is 2.21. The van der Waals surface area contributed by atoms with E-state index in [-0.39, 0.29) is 13.0 Å². The van der Waals surface area contributed by atoms with Crippen molar-refractivity contribution in [1.29, 1.82) is 5.41 Å². The van der Waals surface area contributed by atoms with E-state index in [0.717, 1.165) is 16.5 Å². The van der Waals surface area contributed by atoms with Crippen molar-refractivity contribution in [1.82, 2.24) is 4.47 Å². The third-order valence-corrected chi connectivity index (χ3v) is 3.81. The first kappa shape index (κ1) is 22.4. The number of hydrogen-bond donors (Lipinski definition) is 2. The highest BCUT2D eigenvalue weighted by atomic mass is 32.2. The molecule has 0 saturated heterocycles. The van der Waals surface area contributed by atoms with E-state index in [0.29, 0.717) is 24.3 Å². The van der Waals surface area contributed by atoms with E-state index in [9.17, 15) is 13.6 Å². The summed E-state index contributed by atoms with van der Waals surface area (Å²) < 4.78 is 26.7. The lowest BCUT2D eigenvalue weighted by atomic mass is 10.1. The Labute approximate surface area is 157 Å². The van der Waals surface area contributed by atoms with Crippen LogP contribution in [0.3, 0.4) is 0 Å². The van der Waals surface area contributed by atoms with E-state index in [4.69, 9.17) is 15.0 Å². The van der Waals surface area contributed by atoms with Crippen molar-refractivity contribution in [3.63, 3.8) is 0 Å². The molecule has 26 heavy (non-hydrogen) atoms. The van der Waals surface area contributed by atoms with Crippen molar-refractivity contribution in [2.45, 2.75) is 59.0 Å². The summed E-state index contributed by atoms with van der Waals surface area (Å²) in [6.45, 7) is 7.45. The van der Waals surface area contributed by atoms with E-state index in [1.807, 2.05) is 6.92 Å². The van der Waals surface area contributed by atoms with Gasteiger partial charge in [0, 0.05) is 18.7 Å². The summed E-state index contributed by atoms with van der Waals surface area (Å²) in [6, 6.07) is 6.84. The lowest BCUT2D eigenvalue weighted by molar-refractivity contribution is -0.171. The Hall–Kier alpha value is -1.61. The van der Waals surface area contributed by atoms with E-state index >= 15 is 0 Å². The van der Waals surface area contributed by atoms with Crippen LogP contribution in [0, 0.1) is 5.41 Å². The fourth-order valence-corrected chi connectivity index (χ4v) is 2.69. The van der Waals surface area contributed by atoms with Crippen LogP contribution in [0.5, 0.6) is 5.75 Å². The first-order valence-corrected chi connectivity index (χ1v) is 9.65. The van der Waals surface area contributed by atoms with Crippen molar-refractivity contribution >= 4 is 22.9 Å². The second kappa shape index (κ2) is 10.5. The molecule has 0 spiro atoms. The molecule has 0 aliphatic rings. The largest absolute Gasteiger partial charge is 0.427 e. The van der Waals surface area contributed by atoms with Crippen molar-refractivity contribution in [3.05, 3.63) is 29.8 Å². The van der Waals surface area contributed by atoms with Crippen molar-refractivity contribution in [2.75, 3.05) is 6.54 Å². The van der Waals surface area contributed by atoms with Gasteiger partial charge in [-0.15, -0.1) is 0 Å². The number of ether oxygens (including phenoxy) is 1. The molecular formula is C18H28N2O5S. The molecule has 0 saturated carbocycles. The molecule has 0 aliphatic carbocycles. The van der Waals surface area contributed by atoms with Crippen LogP contribution in [0.1, 0.15) is 58.9 Å². The van der Waals surface area contributed by atoms with Crippen LogP contribution in [-0.2, 0) is 20.9 Å². The summed E-state index contributed by atoms with van der Waals surface area (Å²) in [4.78, 5) is 17.3. The number of benzene rings is 1. The summed E-state index contributed by atoms with van der Waals surface area (Å²) in [5.74, 6) is -0.0163. The van der Waals surface area contributed by atoms with E-state index in [2.05, 4.69) is 0 Å². The maximum absolute atomic E-state index is 11.9. The number of hydroxylamine groups is 1. The quantitative estimate of drug-likeness (QED) is 0.211. The van der Waals surface area contributed by atoms with Crippen molar-refractivity contribution in [3.8, 4) is 5.75 Å².